The first kappa shape index (κ1) is 26.8. The number of pyridine rings is 1. The van der Waals surface area contributed by atoms with Crippen LogP contribution in [0.3, 0.4) is 0 Å². The number of halogens is 2. The summed E-state index contributed by atoms with van der Waals surface area (Å²) >= 11 is 9.89. The van der Waals surface area contributed by atoms with Crippen molar-refractivity contribution >= 4 is 50.3 Å². The third kappa shape index (κ3) is 6.38. The van der Waals surface area contributed by atoms with E-state index in [4.69, 9.17) is 16.6 Å². The van der Waals surface area contributed by atoms with E-state index < -0.39 is 5.97 Å². The molecular weight excluding hydrogens is 552 g/mol. The van der Waals surface area contributed by atoms with Crippen LogP contribution >= 0.6 is 27.5 Å². The SMILES string of the molecule is Cc1c(-c2ccccc2)nc2ccc(Br)cc2c1C(=O)NCC(C)CC(CC(=O)O)c1ccccc1Cl. The molecule has 5 nitrogen and oxygen atoms in total. The molecule has 2 unspecified atom stereocenters. The highest BCUT2D eigenvalue weighted by Crippen LogP contribution is 2.33. The molecule has 0 fully saturated rings. The fraction of sp³-hybridized carbons (Fsp3) is 0.233. The average Bonchev–Trinajstić information content (AvgIpc) is 2.87. The zero-order chi connectivity index (χ0) is 26.5. The molecule has 190 valence electrons. The van der Waals surface area contributed by atoms with Crippen molar-refractivity contribution in [3.05, 3.63) is 99.0 Å². The van der Waals surface area contributed by atoms with Crippen molar-refractivity contribution in [1.29, 1.82) is 0 Å². The Morgan fingerprint density at radius 1 is 1.05 bits per heavy atom. The maximum absolute atomic E-state index is 13.6. The summed E-state index contributed by atoms with van der Waals surface area (Å²) in [6.07, 6.45) is 0.553. The standard InChI is InChI=1S/C30H28BrClN2O3/c1-18(14-21(15-27(35)36)23-10-6-7-11-25(23)32)17-33-30(37)28-19(2)29(20-8-4-3-5-9-20)34-26-13-12-22(31)16-24(26)28/h3-13,16,18,21H,14-15,17H2,1-2H3,(H,33,37)(H,35,36). The van der Waals surface area contributed by atoms with Gasteiger partial charge in [0.05, 0.1) is 23.2 Å². The Morgan fingerprint density at radius 3 is 2.46 bits per heavy atom. The molecule has 0 spiro atoms. The van der Waals surface area contributed by atoms with E-state index in [1.165, 1.54) is 0 Å². The quantitative estimate of drug-likeness (QED) is 0.214. The van der Waals surface area contributed by atoms with Gasteiger partial charge in [-0.25, -0.2) is 4.98 Å². The second kappa shape index (κ2) is 11.9. The number of carboxylic acid groups (broad SMARTS) is 1. The van der Waals surface area contributed by atoms with Crippen molar-refractivity contribution in [1.82, 2.24) is 10.3 Å². The summed E-state index contributed by atoms with van der Waals surface area (Å²) in [7, 11) is 0. The van der Waals surface area contributed by atoms with Crippen molar-refractivity contribution in [2.24, 2.45) is 5.92 Å². The van der Waals surface area contributed by atoms with Crippen LogP contribution in [0.5, 0.6) is 0 Å². The number of fused-ring (bicyclic) bond motifs is 1. The third-order valence-corrected chi connectivity index (χ3v) is 7.37. The smallest absolute Gasteiger partial charge is 0.303 e. The molecule has 0 aliphatic rings. The second-order valence-electron chi connectivity index (χ2n) is 9.36. The molecule has 4 aromatic rings. The Morgan fingerprint density at radius 2 is 1.76 bits per heavy atom. The number of hydrogen-bond donors (Lipinski definition) is 2. The first-order valence-corrected chi connectivity index (χ1v) is 13.3. The summed E-state index contributed by atoms with van der Waals surface area (Å²) in [5, 5.41) is 13.9. The molecule has 2 N–H and O–H groups in total. The van der Waals surface area contributed by atoms with Crippen LogP contribution in [0.4, 0.5) is 0 Å². The van der Waals surface area contributed by atoms with E-state index in [-0.39, 0.29) is 24.2 Å². The first-order chi connectivity index (χ1) is 17.7. The van der Waals surface area contributed by atoms with Gasteiger partial charge < -0.3 is 10.4 Å². The van der Waals surface area contributed by atoms with E-state index in [9.17, 15) is 14.7 Å². The molecule has 0 aliphatic carbocycles. The Labute approximate surface area is 230 Å². The number of hydrogen-bond acceptors (Lipinski definition) is 3. The maximum atomic E-state index is 13.6. The van der Waals surface area contributed by atoms with Gasteiger partial charge in [0, 0.05) is 27.0 Å². The molecule has 1 amide bonds. The number of carbonyl (C=O) groups is 2. The highest BCUT2D eigenvalue weighted by atomic mass is 79.9. The van der Waals surface area contributed by atoms with Crippen LogP contribution in [0.2, 0.25) is 5.02 Å². The van der Waals surface area contributed by atoms with E-state index in [1.807, 2.05) is 80.6 Å². The lowest BCUT2D eigenvalue weighted by Gasteiger charge is -2.22. The topological polar surface area (TPSA) is 79.3 Å². The van der Waals surface area contributed by atoms with Gasteiger partial charge in [-0.3, -0.25) is 9.59 Å². The minimum Gasteiger partial charge on any atom is -0.481 e. The Bertz CT molecular complexity index is 1440. The number of aliphatic carboxylic acids is 1. The molecule has 7 heteroatoms. The molecule has 1 aromatic heterocycles. The molecular formula is C30H28BrClN2O3. The number of rotatable bonds is 9. The van der Waals surface area contributed by atoms with Gasteiger partial charge in [-0.15, -0.1) is 0 Å². The van der Waals surface area contributed by atoms with Crippen molar-refractivity contribution in [3.63, 3.8) is 0 Å². The van der Waals surface area contributed by atoms with Gasteiger partial charge in [0.1, 0.15) is 0 Å². The number of carbonyl (C=O) groups excluding carboxylic acids is 1. The predicted octanol–water partition coefficient (Wildman–Crippen LogP) is 7.64. The van der Waals surface area contributed by atoms with Gasteiger partial charge in [0.15, 0.2) is 0 Å². The van der Waals surface area contributed by atoms with Crippen LogP contribution in [-0.2, 0) is 4.79 Å². The van der Waals surface area contributed by atoms with Crippen LogP contribution in [0.15, 0.2) is 77.3 Å². The molecule has 0 aliphatic heterocycles. The van der Waals surface area contributed by atoms with Crippen LogP contribution in [0.1, 0.15) is 47.2 Å². The lowest BCUT2D eigenvalue weighted by Crippen LogP contribution is -2.30. The summed E-state index contributed by atoms with van der Waals surface area (Å²) in [4.78, 5) is 30.0. The van der Waals surface area contributed by atoms with Crippen molar-refractivity contribution in [2.45, 2.75) is 32.6 Å². The number of amides is 1. The molecule has 0 radical (unpaired) electrons. The molecule has 37 heavy (non-hydrogen) atoms. The molecule has 0 saturated heterocycles. The molecule has 1 heterocycles. The van der Waals surface area contributed by atoms with Crippen molar-refractivity contribution in [2.75, 3.05) is 6.54 Å². The van der Waals surface area contributed by atoms with Gasteiger partial charge in [0.25, 0.3) is 5.91 Å². The maximum Gasteiger partial charge on any atom is 0.303 e. The zero-order valence-electron chi connectivity index (χ0n) is 20.7. The Balaban J connectivity index is 1.59. The summed E-state index contributed by atoms with van der Waals surface area (Å²) in [6.45, 7) is 4.33. The Kier molecular flexibility index (Phi) is 8.62. The summed E-state index contributed by atoms with van der Waals surface area (Å²) in [5.41, 5.74) is 4.67. The van der Waals surface area contributed by atoms with Crippen LogP contribution < -0.4 is 5.32 Å². The Hall–Kier alpha value is -3.22. The van der Waals surface area contributed by atoms with Gasteiger partial charge in [0.2, 0.25) is 0 Å². The fourth-order valence-electron chi connectivity index (χ4n) is 4.76. The number of carboxylic acids is 1. The van der Waals surface area contributed by atoms with E-state index in [2.05, 4.69) is 21.2 Å². The molecule has 0 saturated carbocycles. The van der Waals surface area contributed by atoms with Crippen LogP contribution in [-0.4, -0.2) is 28.5 Å². The normalized spacial score (nSPS) is 12.8. The van der Waals surface area contributed by atoms with Gasteiger partial charge in [-0.2, -0.15) is 0 Å². The van der Waals surface area contributed by atoms with Gasteiger partial charge in [-0.05, 0) is 60.6 Å². The predicted molar refractivity (Wildman–Crippen MR) is 152 cm³/mol. The van der Waals surface area contributed by atoms with E-state index in [0.717, 1.165) is 37.8 Å². The van der Waals surface area contributed by atoms with E-state index in [1.54, 1.807) is 6.07 Å². The average molecular weight is 580 g/mol. The van der Waals surface area contributed by atoms with Crippen LogP contribution in [0, 0.1) is 12.8 Å². The fourth-order valence-corrected chi connectivity index (χ4v) is 5.41. The zero-order valence-corrected chi connectivity index (χ0v) is 23.0. The lowest BCUT2D eigenvalue weighted by atomic mass is 9.87. The van der Waals surface area contributed by atoms with E-state index in [0.29, 0.717) is 23.6 Å². The third-order valence-electron chi connectivity index (χ3n) is 6.53. The highest BCUT2D eigenvalue weighted by Gasteiger charge is 2.23. The highest BCUT2D eigenvalue weighted by molar-refractivity contribution is 9.10. The van der Waals surface area contributed by atoms with Gasteiger partial charge >= 0.3 is 5.97 Å². The van der Waals surface area contributed by atoms with Gasteiger partial charge in [-0.1, -0.05) is 83.0 Å². The summed E-state index contributed by atoms with van der Waals surface area (Å²) in [5.74, 6) is -1.28. The monoisotopic (exact) mass is 578 g/mol. The largest absolute Gasteiger partial charge is 0.481 e. The number of nitrogens with one attached hydrogen (secondary N) is 1. The minimum absolute atomic E-state index is 0.0232. The van der Waals surface area contributed by atoms with Crippen molar-refractivity contribution < 1.29 is 14.7 Å². The lowest BCUT2D eigenvalue weighted by molar-refractivity contribution is -0.137. The molecule has 0 bridgehead atoms. The van der Waals surface area contributed by atoms with Crippen LogP contribution in [0.25, 0.3) is 22.2 Å². The molecule has 2 atom stereocenters. The summed E-state index contributed by atoms with van der Waals surface area (Å²) < 4.78 is 0.868. The molecule has 3 aromatic carbocycles. The summed E-state index contributed by atoms with van der Waals surface area (Å²) in [6, 6.07) is 22.9. The van der Waals surface area contributed by atoms with Crippen molar-refractivity contribution in [3.8, 4) is 11.3 Å². The van der Waals surface area contributed by atoms with E-state index >= 15 is 0 Å². The number of benzene rings is 3. The number of aromatic nitrogens is 1. The second-order valence-corrected chi connectivity index (χ2v) is 10.7. The number of nitrogens with zero attached hydrogens (tertiary/aromatic N) is 1. The first-order valence-electron chi connectivity index (χ1n) is 12.1. The molecule has 4 rings (SSSR count). The minimum atomic E-state index is -0.876.